The van der Waals surface area contributed by atoms with Crippen LogP contribution < -0.4 is 0 Å². The fraction of sp³-hybridized carbons (Fsp3) is 0.667. The van der Waals surface area contributed by atoms with Crippen molar-refractivity contribution < 1.29 is 0 Å². The van der Waals surface area contributed by atoms with Crippen LogP contribution in [0.2, 0.25) is 0 Å². The van der Waals surface area contributed by atoms with Crippen LogP contribution in [0.5, 0.6) is 0 Å². The monoisotopic (exact) mass is 436 g/mol. The van der Waals surface area contributed by atoms with Crippen molar-refractivity contribution in [3.8, 4) is 11.4 Å². The Morgan fingerprint density at radius 1 is 0.656 bits per heavy atom. The molecule has 2 rings (SSSR count). The Morgan fingerprint density at radius 2 is 1.22 bits per heavy atom. The quantitative estimate of drug-likeness (QED) is 0.217. The van der Waals surface area contributed by atoms with Crippen molar-refractivity contribution >= 4 is 0 Å². The van der Waals surface area contributed by atoms with Crippen molar-refractivity contribution in [3.63, 3.8) is 0 Å². The summed E-state index contributed by atoms with van der Waals surface area (Å²) in [6.07, 6.45) is 25.3. The van der Waals surface area contributed by atoms with E-state index in [9.17, 15) is 0 Å². The number of hydrogen-bond donors (Lipinski definition) is 0. The van der Waals surface area contributed by atoms with Gasteiger partial charge in [-0.25, -0.2) is 9.97 Å². The van der Waals surface area contributed by atoms with E-state index in [1.807, 2.05) is 0 Å². The molecule has 0 unspecified atom stereocenters. The molecule has 32 heavy (non-hydrogen) atoms. The fourth-order valence-corrected chi connectivity index (χ4v) is 4.44. The Kier molecular flexibility index (Phi) is 14.0. The summed E-state index contributed by atoms with van der Waals surface area (Å²) in [4.78, 5) is 9.46. The molecule has 0 aliphatic heterocycles. The van der Waals surface area contributed by atoms with Gasteiger partial charge < -0.3 is 0 Å². The van der Waals surface area contributed by atoms with Gasteiger partial charge in [-0.2, -0.15) is 0 Å². The lowest BCUT2D eigenvalue weighted by atomic mass is 9.99. The Balaban J connectivity index is 1.71. The number of unbranched alkanes of at least 4 members (excludes halogenated alkanes) is 11. The van der Waals surface area contributed by atoms with Crippen molar-refractivity contribution in [2.45, 2.75) is 124 Å². The Bertz CT molecular complexity index is 705. The summed E-state index contributed by atoms with van der Waals surface area (Å²) < 4.78 is 0. The molecule has 2 nitrogen and oxygen atoms in total. The Labute approximate surface area is 198 Å². The Morgan fingerprint density at radius 3 is 1.88 bits per heavy atom. The molecule has 0 saturated heterocycles. The molecule has 1 aromatic heterocycles. The van der Waals surface area contributed by atoms with E-state index in [1.54, 1.807) is 0 Å². The van der Waals surface area contributed by atoms with E-state index in [0.717, 1.165) is 24.6 Å². The zero-order chi connectivity index (χ0) is 22.9. The number of benzene rings is 1. The zero-order valence-corrected chi connectivity index (χ0v) is 21.2. The molecule has 0 saturated carbocycles. The summed E-state index contributed by atoms with van der Waals surface area (Å²) >= 11 is 0. The second kappa shape index (κ2) is 16.9. The summed E-state index contributed by atoms with van der Waals surface area (Å²) in [5, 5.41) is 0. The second-order valence-corrected chi connectivity index (χ2v) is 10.00. The molecule has 0 aliphatic rings. The highest BCUT2D eigenvalue weighted by Gasteiger charge is 2.07. The zero-order valence-electron chi connectivity index (χ0n) is 21.2. The molecule has 2 aromatic rings. The third-order valence-electron chi connectivity index (χ3n) is 6.51. The van der Waals surface area contributed by atoms with Crippen LogP contribution in [0.4, 0.5) is 0 Å². The molecule has 0 atom stereocenters. The highest BCUT2D eigenvalue weighted by atomic mass is 14.9. The van der Waals surface area contributed by atoms with Gasteiger partial charge in [0, 0.05) is 18.0 Å². The van der Waals surface area contributed by atoms with Gasteiger partial charge in [-0.3, -0.25) is 0 Å². The first-order chi connectivity index (χ1) is 15.7. The van der Waals surface area contributed by atoms with Crippen molar-refractivity contribution in [1.29, 1.82) is 0 Å². The number of rotatable bonds is 18. The molecule has 0 aliphatic carbocycles. The first-order valence-electron chi connectivity index (χ1n) is 13.6. The number of hydrogen-bond acceptors (Lipinski definition) is 2. The van der Waals surface area contributed by atoms with E-state index in [0.29, 0.717) is 0 Å². The predicted octanol–water partition coefficient (Wildman–Crippen LogP) is 9.37. The van der Waals surface area contributed by atoms with Gasteiger partial charge in [-0.05, 0) is 42.7 Å². The molecule has 0 radical (unpaired) electrons. The minimum Gasteiger partial charge on any atom is -0.236 e. The van der Waals surface area contributed by atoms with Gasteiger partial charge in [-0.1, -0.05) is 122 Å². The van der Waals surface area contributed by atoms with E-state index in [-0.39, 0.29) is 0 Å². The number of aryl methyl sites for hydroxylation is 2. The summed E-state index contributed by atoms with van der Waals surface area (Å²) in [6.45, 7) is 6.92. The summed E-state index contributed by atoms with van der Waals surface area (Å²) in [7, 11) is 0. The highest BCUT2D eigenvalue weighted by molar-refractivity contribution is 5.59. The van der Waals surface area contributed by atoms with Crippen molar-refractivity contribution in [2.24, 2.45) is 5.92 Å². The fourth-order valence-electron chi connectivity index (χ4n) is 4.44. The smallest absolute Gasteiger partial charge is 0.159 e. The first kappa shape index (κ1) is 26.6. The lowest BCUT2D eigenvalue weighted by Gasteiger charge is -2.09. The molecule has 0 amide bonds. The van der Waals surface area contributed by atoms with E-state index >= 15 is 0 Å². The topological polar surface area (TPSA) is 25.8 Å². The van der Waals surface area contributed by atoms with Gasteiger partial charge in [0.25, 0.3) is 0 Å². The molecule has 1 aromatic carbocycles. The van der Waals surface area contributed by atoms with Gasteiger partial charge in [0.15, 0.2) is 5.82 Å². The van der Waals surface area contributed by atoms with Crippen LogP contribution in [0.1, 0.15) is 122 Å². The minimum atomic E-state index is 0.852. The van der Waals surface area contributed by atoms with E-state index in [2.05, 4.69) is 57.4 Å². The third kappa shape index (κ3) is 11.2. The van der Waals surface area contributed by atoms with Crippen LogP contribution in [-0.4, -0.2) is 9.97 Å². The van der Waals surface area contributed by atoms with Crippen molar-refractivity contribution in [2.75, 3.05) is 0 Å². The highest BCUT2D eigenvalue weighted by Crippen LogP contribution is 2.22. The van der Waals surface area contributed by atoms with E-state index in [1.165, 1.54) is 107 Å². The largest absolute Gasteiger partial charge is 0.236 e. The van der Waals surface area contributed by atoms with Gasteiger partial charge in [-0.15, -0.1) is 0 Å². The summed E-state index contributed by atoms with van der Waals surface area (Å²) in [6, 6.07) is 8.70. The average Bonchev–Trinajstić information content (AvgIpc) is 2.81. The van der Waals surface area contributed by atoms with Crippen molar-refractivity contribution in [1.82, 2.24) is 9.97 Å². The van der Waals surface area contributed by atoms with Gasteiger partial charge in [0.2, 0.25) is 0 Å². The van der Waals surface area contributed by atoms with Crippen molar-refractivity contribution in [3.05, 3.63) is 47.8 Å². The van der Waals surface area contributed by atoms with Crippen LogP contribution in [0, 0.1) is 5.92 Å². The molecular weight excluding hydrogens is 388 g/mol. The maximum atomic E-state index is 4.73. The van der Waals surface area contributed by atoms with Gasteiger partial charge >= 0.3 is 0 Å². The maximum Gasteiger partial charge on any atom is 0.159 e. The molecule has 1 heterocycles. The number of nitrogens with zero attached hydrogens (tertiary/aromatic N) is 2. The number of aromatic nitrogens is 2. The van der Waals surface area contributed by atoms with Crippen LogP contribution in [0.3, 0.4) is 0 Å². The first-order valence-corrected chi connectivity index (χ1v) is 13.6. The van der Waals surface area contributed by atoms with Crippen LogP contribution in [-0.2, 0) is 12.8 Å². The molecule has 0 bridgehead atoms. The summed E-state index contributed by atoms with van der Waals surface area (Å²) in [5.74, 6) is 1.74. The molecule has 0 N–H and O–H groups in total. The van der Waals surface area contributed by atoms with Gasteiger partial charge in [0.1, 0.15) is 0 Å². The van der Waals surface area contributed by atoms with Gasteiger partial charge in [0.05, 0.1) is 0 Å². The summed E-state index contributed by atoms with van der Waals surface area (Å²) in [5.41, 5.74) is 3.89. The molecule has 2 heteroatoms. The molecular formula is C30H48N2. The lowest BCUT2D eigenvalue weighted by Crippen LogP contribution is -1.97. The lowest BCUT2D eigenvalue weighted by molar-refractivity contribution is 0.511. The molecule has 178 valence electrons. The van der Waals surface area contributed by atoms with E-state index < -0.39 is 0 Å². The minimum absolute atomic E-state index is 0.852. The Hall–Kier alpha value is -1.70. The average molecular weight is 437 g/mol. The van der Waals surface area contributed by atoms with Crippen LogP contribution in [0.25, 0.3) is 11.4 Å². The SMILES string of the molecule is CCCCCCCCCc1ccccc1-c1ncc(CCCCCCCCC(C)C)cn1. The molecule has 0 spiro atoms. The van der Waals surface area contributed by atoms with Crippen LogP contribution >= 0.6 is 0 Å². The standard InChI is InChI=1S/C30H48N2/c1-4-5-6-7-8-13-16-21-28-22-17-18-23-29(28)30-31-24-27(25-32-30)20-15-12-10-9-11-14-19-26(2)3/h17-18,22-26H,4-16,19-21H2,1-3H3. The van der Waals surface area contributed by atoms with E-state index in [4.69, 9.17) is 9.97 Å². The maximum absolute atomic E-state index is 4.73. The normalized spacial score (nSPS) is 11.4. The van der Waals surface area contributed by atoms with Crippen LogP contribution in [0.15, 0.2) is 36.7 Å². The third-order valence-corrected chi connectivity index (χ3v) is 6.51. The predicted molar refractivity (Wildman–Crippen MR) is 140 cm³/mol. The second-order valence-electron chi connectivity index (χ2n) is 10.00. The molecule has 0 fully saturated rings.